The minimum absolute atomic E-state index is 0.223. The number of carbonyl (C=O) groups excluding carboxylic acids is 1. The van der Waals surface area contributed by atoms with Crippen LogP contribution in [0.1, 0.15) is 31.7 Å². The molecule has 1 aliphatic rings. The minimum Gasteiger partial charge on any atom is -0.393 e. The van der Waals surface area contributed by atoms with E-state index in [1.165, 1.54) is 0 Å². The lowest BCUT2D eigenvalue weighted by molar-refractivity contribution is -0.133. The summed E-state index contributed by atoms with van der Waals surface area (Å²) in [5, 5.41) is 9.54. The highest BCUT2D eigenvalue weighted by Crippen LogP contribution is 2.21. The molecule has 0 bridgehead atoms. The molecule has 1 atom stereocenters. The fourth-order valence-corrected chi connectivity index (χ4v) is 2.59. The van der Waals surface area contributed by atoms with Gasteiger partial charge < -0.3 is 10.0 Å². The first-order valence-corrected chi connectivity index (χ1v) is 7.01. The maximum Gasteiger partial charge on any atom is 0.222 e. The van der Waals surface area contributed by atoms with Crippen molar-refractivity contribution in [3.05, 3.63) is 30.1 Å². The fraction of sp³-hybridized carbons (Fsp3) is 0.600. The molecular formula is C15H22N2O2. The molecule has 4 nitrogen and oxygen atoms in total. The third kappa shape index (κ3) is 4.03. The van der Waals surface area contributed by atoms with Crippen molar-refractivity contribution in [3.63, 3.8) is 0 Å². The van der Waals surface area contributed by atoms with Gasteiger partial charge in [-0.25, -0.2) is 0 Å². The predicted octanol–water partition coefficient (Wildman–Crippen LogP) is 1.63. The molecule has 0 aliphatic carbocycles. The average Bonchev–Trinajstić information content (AvgIpc) is 2.46. The standard InChI is InChI=1S/C15H22N2O2/c1-12(18)14-6-10-17(11-7-14)15(19)3-2-13-4-8-16-9-5-13/h4-5,8-9,12,14,18H,2-3,6-7,10-11H2,1H3. The quantitative estimate of drug-likeness (QED) is 0.897. The molecule has 2 heterocycles. The zero-order valence-electron chi connectivity index (χ0n) is 11.5. The Morgan fingerprint density at radius 3 is 2.63 bits per heavy atom. The summed E-state index contributed by atoms with van der Waals surface area (Å²) in [5.41, 5.74) is 1.15. The highest BCUT2D eigenvalue weighted by molar-refractivity contribution is 5.76. The first-order valence-electron chi connectivity index (χ1n) is 7.01. The van der Waals surface area contributed by atoms with Gasteiger partial charge in [-0.05, 0) is 49.8 Å². The number of hydrogen-bond donors (Lipinski definition) is 1. The van der Waals surface area contributed by atoms with Crippen molar-refractivity contribution < 1.29 is 9.90 Å². The molecule has 0 spiro atoms. The topological polar surface area (TPSA) is 53.4 Å². The Hall–Kier alpha value is -1.42. The number of piperidine rings is 1. The zero-order chi connectivity index (χ0) is 13.7. The molecule has 1 aliphatic heterocycles. The number of nitrogens with zero attached hydrogens (tertiary/aromatic N) is 2. The van der Waals surface area contributed by atoms with Gasteiger partial charge in [-0.15, -0.1) is 0 Å². The average molecular weight is 262 g/mol. The Morgan fingerprint density at radius 2 is 2.05 bits per heavy atom. The second kappa shape index (κ2) is 6.66. The lowest BCUT2D eigenvalue weighted by Gasteiger charge is -2.33. The van der Waals surface area contributed by atoms with E-state index < -0.39 is 0 Å². The van der Waals surface area contributed by atoms with Crippen LogP contribution in [0.15, 0.2) is 24.5 Å². The van der Waals surface area contributed by atoms with Crippen LogP contribution >= 0.6 is 0 Å². The van der Waals surface area contributed by atoms with E-state index in [2.05, 4.69) is 4.98 Å². The Bertz CT molecular complexity index is 398. The number of aromatic nitrogens is 1. The number of hydrogen-bond acceptors (Lipinski definition) is 3. The second-order valence-corrected chi connectivity index (χ2v) is 5.31. The molecule has 1 fully saturated rings. The van der Waals surface area contributed by atoms with Crippen molar-refractivity contribution in [1.29, 1.82) is 0 Å². The number of aliphatic hydroxyl groups excluding tert-OH is 1. The van der Waals surface area contributed by atoms with Crippen LogP contribution in [0.4, 0.5) is 0 Å². The maximum atomic E-state index is 12.1. The van der Waals surface area contributed by atoms with Crippen molar-refractivity contribution >= 4 is 5.91 Å². The minimum atomic E-state index is -0.255. The molecule has 1 N–H and O–H groups in total. The van der Waals surface area contributed by atoms with Gasteiger partial charge in [0.25, 0.3) is 0 Å². The number of rotatable bonds is 4. The summed E-state index contributed by atoms with van der Waals surface area (Å²) in [6.07, 6.45) is 6.43. The number of likely N-dealkylation sites (tertiary alicyclic amines) is 1. The number of carbonyl (C=O) groups is 1. The first kappa shape index (κ1) is 14.0. The normalized spacial score (nSPS) is 18.3. The Balaban J connectivity index is 1.76. The fourth-order valence-electron chi connectivity index (χ4n) is 2.59. The van der Waals surface area contributed by atoms with Crippen LogP contribution < -0.4 is 0 Å². The summed E-state index contributed by atoms with van der Waals surface area (Å²) in [4.78, 5) is 18.0. The highest BCUT2D eigenvalue weighted by Gasteiger charge is 2.24. The molecule has 0 aromatic carbocycles. The smallest absolute Gasteiger partial charge is 0.222 e. The van der Waals surface area contributed by atoms with Crippen LogP contribution in [0.5, 0.6) is 0 Å². The van der Waals surface area contributed by atoms with Crippen molar-refractivity contribution in [2.24, 2.45) is 5.92 Å². The molecule has 1 amide bonds. The summed E-state index contributed by atoms with van der Waals surface area (Å²) in [5.74, 6) is 0.574. The SMILES string of the molecule is CC(O)C1CCN(C(=O)CCc2ccncc2)CC1. The number of aliphatic hydroxyl groups is 1. The van der Waals surface area contributed by atoms with Gasteiger partial charge in [0.2, 0.25) is 5.91 Å². The van der Waals surface area contributed by atoms with Gasteiger partial charge in [-0.3, -0.25) is 9.78 Å². The summed E-state index contributed by atoms with van der Waals surface area (Å²) in [6.45, 7) is 3.40. The molecule has 1 aromatic rings. The number of pyridine rings is 1. The van der Waals surface area contributed by atoms with E-state index in [9.17, 15) is 9.90 Å². The van der Waals surface area contributed by atoms with E-state index in [1.54, 1.807) is 12.4 Å². The molecule has 1 unspecified atom stereocenters. The summed E-state index contributed by atoms with van der Waals surface area (Å²) in [6, 6.07) is 3.90. The van der Waals surface area contributed by atoms with Crippen molar-refractivity contribution in [2.75, 3.05) is 13.1 Å². The molecule has 1 saturated heterocycles. The van der Waals surface area contributed by atoms with Gasteiger partial charge in [0.15, 0.2) is 0 Å². The van der Waals surface area contributed by atoms with Crippen LogP contribution in [0.2, 0.25) is 0 Å². The van der Waals surface area contributed by atoms with Gasteiger partial charge in [0.05, 0.1) is 6.10 Å². The van der Waals surface area contributed by atoms with Gasteiger partial charge in [0, 0.05) is 31.9 Å². The van der Waals surface area contributed by atoms with Crippen LogP contribution in [-0.4, -0.2) is 40.1 Å². The monoisotopic (exact) mass is 262 g/mol. The molecule has 104 valence electrons. The lowest BCUT2D eigenvalue weighted by atomic mass is 9.92. The molecule has 19 heavy (non-hydrogen) atoms. The first-order chi connectivity index (χ1) is 9.16. The Kier molecular flexibility index (Phi) is 4.91. The second-order valence-electron chi connectivity index (χ2n) is 5.31. The van der Waals surface area contributed by atoms with E-state index in [1.807, 2.05) is 24.0 Å². The van der Waals surface area contributed by atoms with Crippen molar-refractivity contribution in [3.8, 4) is 0 Å². The highest BCUT2D eigenvalue weighted by atomic mass is 16.3. The zero-order valence-corrected chi connectivity index (χ0v) is 11.5. The Morgan fingerprint density at radius 1 is 1.42 bits per heavy atom. The van der Waals surface area contributed by atoms with Gasteiger partial charge in [0.1, 0.15) is 0 Å². The van der Waals surface area contributed by atoms with E-state index in [4.69, 9.17) is 0 Å². The summed E-state index contributed by atoms with van der Waals surface area (Å²) < 4.78 is 0. The summed E-state index contributed by atoms with van der Waals surface area (Å²) >= 11 is 0. The van der Waals surface area contributed by atoms with Gasteiger partial charge >= 0.3 is 0 Å². The van der Waals surface area contributed by atoms with Crippen LogP contribution in [-0.2, 0) is 11.2 Å². The van der Waals surface area contributed by atoms with E-state index in [0.717, 1.165) is 37.9 Å². The third-order valence-corrected chi connectivity index (χ3v) is 3.95. The van der Waals surface area contributed by atoms with Crippen LogP contribution in [0.25, 0.3) is 0 Å². The maximum absolute atomic E-state index is 12.1. The third-order valence-electron chi connectivity index (χ3n) is 3.95. The predicted molar refractivity (Wildman–Crippen MR) is 73.5 cm³/mol. The van der Waals surface area contributed by atoms with Crippen LogP contribution in [0, 0.1) is 5.92 Å². The summed E-state index contributed by atoms with van der Waals surface area (Å²) in [7, 11) is 0. The number of amides is 1. The Labute approximate surface area is 114 Å². The molecule has 1 aromatic heterocycles. The molecule has 2 rings (SSSR count). The van der Waals surface area contributed by atoms with Crippen molar-refractivity contribution in [2.45, 2.75) is 38.7 Å². The largest absolute Gasteiger partial charge is 0.393 e. The van der Waals surface area contributed by atoms with E-state index >= 15 is 0 Å². The molecular weight excluding hydrogens is 240 g/mol. The van der Waals surface area contributed by atoms with Crippen LogP contribution in [0.3, 0.4) is 0 Å². The molecule has 0 saturated carbocycles. The van der Waals surface area contributed by atoms with E-state index in [-0.39, 0.29) is 12.0 Å². The molecule has 4 heteroatoms. The van der Waals surface area contributed by atoms with Crippen molar-refractivity contribution in [1.82, 2.24) is 9.88 Å². The molecule has 0 radical (unpaired) electrons. The lowest BCUT2D eigenvalue weighted by Crippen LogP contribution is -2.40. The van der Waals surface area contributed by atoms with Gasteiger partial charge in [-0.2, -0.15) is 0 Å². The van der Waals surface area contributed by atoms with Gasteiger partial charge in [-0.1, -0.05) is 0 Å². The number of aryl methyl sites for hydroxylation is 1. The van der Waals surface area contributed by atoms with E-state index in [0.29, 0.717) is 12.3 Å².